The molecule has 0 radical (unpaired) electrons. The number of hydrogen-bond donors (Lipinski definition) is 2. The molecule has 1 atom stereocenters. The second kappa shape index (κ2) is 12.4. The maximum atomic E-state index is 10.6. The number of thiazole rings is 1. The summed E-state index contributed by atoms with van der Waals surface area (Å²) >= 11 is 1.73. The van der Waals surface area contributed by atoms with Gasteiger partial charge in [-0.2, -0.15) is 18.3 Å². The Bertz CT molecular complexity index is 1240. The SMILES string of the molecule is Cc1c(C(C)NCCCc2nc(-c3ccncc3)cs2)cnn1-c1ccccc1.O=C(O)C(F)(F)F. The van der Waals surface area contributed by atoms with Crippen LogP contribution in [0, 0.1) is 6.92 Å². The van der Waals surface area contributed by atoms with E-state index in [-0.39, 0.29) is 6.04 Å². The minimum Gasteiger partial charge on any atom is -0.475 e. The van der Waals surface area contributed by atoms with Crippen LogP contribution in [0.5, 0.6) is 0 Å². The van der Waals surface area contributed by atoms with Gasteiger partial charge in [-0.3, -0.25) is 4.98 Å². The molecule has 0 amide bonds. The molecule has 3 aromatic heterocycles. The Morgan fingerprint density at radius 1 is 1.17 bits per heavy atom. The van der Waals surface area contributed by atoms with Crippen LogP contribution in [0.25, 0.3) is 16.9 Å². The molecule has 2 N–H and O–H groups in total. The van der Waals surface area contributed by atoms with Crippen molar-refractivity contribution >= 4 is 17.3 Å². The molecule has 0 aliphatic rings. The molecular formula is C25H26F3N5O2S. The number of benzene rings is 1. The standard InChI is InChI=1S/C23H25N5S.C2HF3O2/c1-17(21-15-26-28(18(21)2)20-7-4-3-5-8-20)25-12-6-9-23-27-22(16-29-23)19-10-13-24-14-11-19;3-2(4,5)1(6)7/h3-5,7-8,10-11,13-17,25H,6,9,12H2,1-2H3;(H,6,7). The average molecular weight is 518 g/mol. The number of pyridine rings is 1. The number of carboxylic acid groups (broad SMARTS) is 1. The van der Waals surface area contributed by atoms with E-state index >= 15 is 0 Å². The first-order valence-electron chi connectivity index (χ1n) is 11.1. The molecule has 0 saturated heterocycles. The number of aromatic nitrogens is 4. The fraction of sp³-hybridized carbons (Fsp3) is 0.280. The number of carboxylic acids is 1. The van der Waals surface area contributed by atoms with Crippen LogP contribution in [0.15, 0.2) is 66.4 Å². The number of para-hydroxylation sites is 1. The molecule has 0 aliphatic heterocycles. The number of hydrogen-bond acceptors (Lipinski definition) is 6. The monoisotopic (exact) mass is 517 g/mol. The van der Waals surface area contributed by atoms with Crippen molar-refractivity contribution in [1.29, 1.82) is 0 Å². The van der Waals surface area contributed by atoms with Gasteiger partial charge in [0, 0.05) is 47.1 Å². The van der Waals surface area contributed by atoms with E-state index in [1.807, 2.05) is 53.6 Å². The summed E-state index contributed by atoms with van der Waals surface area (Å²) in [6.07, 6.45) is 2.54. The number of aliphatic carboxylic acids is 1. The Morgan fingerprint density at radius 3 is 2.47 bits per heavy atom. The van der Waals surface area contributed by atoms with Gasteiger partial charge in [0.05, 0.1) is 22.6 Å². The predicted octanol–water partition coefficient (Wildman–Crippen LogP) is 5.62. The van der Waals surface area contributed by atoms with E-state index < -0.39 is 12.1 Å². The minimum atomic E-state index is -5.08. The molecule has 3 heterocycles. The van der Waals surface area contributed by atoms with E-state index in [0.29, 0.717) is 0 Å². The van der Waals surface area contributed by atoms with Crippen molar-refractivity contribution in [3.05, 3.63) is 82.7 Å². The topological polar surface area (TPSA) is 92.9 Å². The summed E-state index contributed by atoms with van der Waals surface area (Å²) in [4.78, 5) is 17.7. The number of aryl methyl sites for hydroxylation is 1. The van der Waals surface area contributed by atoms with E-state index in [0.717, 1.165) is 36.3 Å². The summed E-state index contributed by atoms with van der Waals surface area (Å²) in [6.45, 7) is 5.27. The van der Waals surface area contributed by atoms with Gasteiger partial charge < -0.3 is 10.4 Å². The minimum absolute atomic E-state index is 0.260. The summed E-state index contributed by atoms with van der Waals surface area (Å²) < 4.78 is 33.7. The third-order valence-electron chi connectivity index (χ3n) is 5.30. The highest BCUT2D eigenvalue weighted by Crippen LogP contribution is 2.23. The molecule has 36 heavy (non-hydrogen) atoms. The Kier molecular flexibility index (Phi) is 9.31. The Morgan fingerprint density at radius 2 is 1.83 bits per heavy atom. The van der Waals surface area contributed by atoms with Crippen LogP contribution in [0.1, 0.15) is 35.7 Å². The normalized spacial score (nSPS) is 12.0. The highest BCUT2D eigenvalue weighted by molar-refractivity contribution is 7.09. The zero-order chi connectivity index (χ0) is 26.1. The van der Waals surface area contributed by atoms with Gasteiger partial charge in [0.1, 0.15) is 0 Å². The second-order valence-corrected chi connectivity index (χ2v) is 8.82. The van der Waals surface area contributed by atoms with Crippen LogP contribution in [0.4, 0.5) is 13.2 Å². The van der Waals surface area contributed by atoms with Gasteiger partial charge in [0.2, 0.25) is 0 Å². The summed E-state index contributed by atoms with van der Waals surface area (Å²) in [5.74, 6) is -2.76. The van der Waals surface area contributed by atoms with Crippen molar-refractivity contribution in [3.63, 3.8) is 0 Å². The molecule has 190 valence electrons. The smallest absolute Gasteiger partial charge is 0.475 e. The lowest BCUT2D eigenvalue weighted by atomic mass is 10.1. The van der Waals surface area contributed by atoms with Crippen molar-refractivity contribution in [2.45, 2.75) is 38.9 Å². The summed E-state index contributed by atoms with van der Waals surface area (Å²) in [5.41, 5.74) is 5.68. The van der Waals surface area contributed by atoms with E-state index in [2.05, 4.69) is 46.8 Å². The van der Waals surface area contributed by atoms with Gasteiger partial charge in [0.25, 0.3) is 0 Å². The third kappa shape index (κ3) is 7.46. The molecule has 0 fully saturated rings. The first-order chi connectivity index (χ1) is 17.2. The summed E-state index contributed by atoms with van der Waals surface area (Å²) in [5, 5.41) is 18.6. The molecule has 4 aromatic rings. The van der Waals surface area contributed by atoms with Crippen LogP contribution in [0.2, 0.25) is 0 Å². The number of nitrogens with zero attached hydrogens (tertiary/aromatic N) is 4. The molecule has 0 saturated carbocycles. The van der Waals surface area contributed by atoms with Crippen LogP contribution in [-0.4, -0.2) is 43.5 Å². The van der Waals surface area contributed by atoms with Crippen molar-refractivity contribution in [3.8, 4) is 16.9 Å². The van der Waals surface area contributed by atoms with Crippen LogP contribution >= 0.6 is 11.3 Å². The quantitative estimate of drug-likeness (QED) is 0.295. The molecule has 4 rings (SSSR count). The first kappa shape index (κ1) is 27.0. The van der Waals surface area contributed by atoms with Gasteiger partial charge in [-0.05, 0) is 51.1 Å². The van der Waals surface area contributed by atoms with Crippen LogP contribution in [0.3, 0.4) is 0 Å². The maximum absolute atomic E-state index is 10.6. The average Bonchev–Trinajstić information content (AvgIpc) is 3.49. The Balaban J connectivity index is 0.000000454. The number of halogens is 3. The Hall–Kier alpha value is -3.57. The summed E-state index contributed by atoms with van der Waals surface area (Å²) in [6, 6.07) is 14.5. The van der Waals surface area contributed by atoms with Gasteiger partial charge in [0.15, 0.2) is 0 Å². The number of carbonyl (C=O) groups is 1. The van der Waals surface area contributed by atoms with Gasteiger partial charge >= 0.3 is 12.1 Å². The number of rotatable bonds is 8. The van der Waals surface area contributed by atoms with Crippen molar-refractivity contribution in [2.75, 3.05) is 6.54 Å². The third-order valence-corrected chi connectivity index (χ3v) is 6.21. The van der Waals surface area contributed by atoms with Crippen LogP contribution < -0.4 is 5.32 Å². The molecule has 11 heteroatoms. The van der Waals surface area contributed by atoms with Gasteiger partial charge in [-0.15, -0.1) is 11.3 Å². The van der Waals surface area contributed by atoms with Crippen molar-refractivity contribution in [2.24, 2.45) is 0 Å². The van der Waals surface area contributed by atoms with Crippen LogP contribution in [-0.2, 0) is 11.2 Å². The predicted molar refractivity (Wildman–Crippen MR) is 132 cm³/mol. The van der Waals surface area contributed by atoms with E-state index in [9.17, 15) is 13.2 Å². The molecule has 0 bridgehead atoms. The van der Waals surface area contributed by atoms with Gasteiger partial charge in [-0.1, -0.05) is 18.2 Å². The van der Waals surface area contributed by atoms with Crippen molar-refractivity contribution < 1.29 is 23.1 Å². The fourth-order valence-electron chi connectivity index (χ4n) is 3.43. The summed E-state index contributed by atoms with van der Waals surface area (Å²) in [7, 11) is 0. The molecular weight excluding hydrogens is 491 g/mol. The number of nitrogens with one attached hydrogen (secondary N) is 1. The molecule has 0 aliphatic carbocycles. The van der Waals surface area contributed by atoms with Crippen molar-refractivity contribution in [1.82, 2.24) is 25.1 Å². The molecule has 0 spiro atoms. The lowest BCUT2D eigenvalue weighted by molar-refractivity contribution is -0.192. The lowest BCUT2D eigenvalue weighted by Gasteiger charge is -2.14. The molecule has 1 unspecified atom stereocenters. The fourth-order valence-corrected chi connectivity index (χ4v) is 4.28. The Labute approximate surface area is 210 Å². The highest BCUT2D eigenvalue weighted by Gasteiger charge is 2.38. The molecule has 1 aromatic carbocycles. The van der Waals surface area contributed by atoms with Gasteiger partial charge in [-0.25, -0.2) is 14.5 Å². The highest BCUT2D eigenvalue weighted by atomic mass is 32.1. The second-order valence-electron chi connectivity index (χ2n) is 7.88. The number of alkyl halides is 3. The zero-order valence-corrected chi connectivity index (χ0v) is 20.6. The van der Waals surface area contributed by atoms with E-state index in [1.54, 1.807) is 11.3 Å². The lowest BCUT2D eigenvalue weighted by Crippen LogP contribution is -2.21. The first-order valence-corrected chi connectivity index (χ1v) is 12.0. The zero-order valence-electron chi connectivity index (χ0n) is 19.7. The largest absolute Gasteiger partial charge is 0.490 e. The van der Waals surface area contributed by atoms with E-state index in [4.69, 9.17) is 14.9 Å². The maximum Gasteiger partial charge on any atom is 0.490 e. The molecule has 7 nitrogen and oxygen atoms in total. The van der Waals surface area contributed by atoms with E-state index in [1.165, 1.54) is 16.3 Å².